The topological polar surface area (TPSA) is 61.4 Å². The van der Waals surface area contributed by atoms with E-state index in [-0.39, 0.29) is 30.1 Å². The molecule has 2 rings (SSSR count). The zero-order chi connectivity index (χ0) is 17.5. The maximum absolute atomic E-state index is 12.6. The molecule has 0 bridgehead atoms. The normalized spacial score (nSPS) is 15.8. The second kappa shape index (κ2) is 10.4. The summed E-state index contributed by atoms with van der Waals surface area (Å²) in [5.41, 5.74) is 1.39. The zero-order valence-electron chi connectivity index (χ0n) is 15.4. The van der Waals surface area contributed by atoms with Crippen LogP contribution in [0.1, 0.15) is 49.4 Å². The Morgan fingerprint density at radius 3 is 2.32 bits per heavy atom. The quantitative estimate of drug-likeness (QED) is 0.810. The van der Waals surface area contributed by atoms with Crippen molar-refractivity contribution >= 4 is 29.9 Å². The summed E-state index contributed by atoms with van der Waals surface area (Å²) in [4.78, 5) is 26.5. The fourth-order valence-corrected chi connectivity index (χ4v) is 3.20. The molecule has 1 saturated carbocycles. The summed E-state index contributed by atoms with van der Waals surface area (Å²) >= 11 is 0. The van der Waals surface area contributed by atoms with Crippen LogP contribution in [0.15, 0.2) is 24.3 Å². The minimum atomic E-state index is -0.103. The second-order valence-electron chi connectivity index (χ2n) is 6.73. The predicted molar refractivity (Wildman–Crippen MR) is 104 cm³/mol. The molecular formula is C19H30ClN3O2. The molecule has 1 aromatic rings. The Bertz CT molecular complexity index is 556. The summed E-state index contributed by atoms with van der Waals surface area (Å²) < 4.78 is 0. The first kappa shape index (κ1) is 21.5. The van der Waals surface area contributed by atoms with Crippen LogP contribution in [0.2, 0.25) is 0 Å². The number of carbonyl (C=O) groups is 2. The van der Waals surface area contributed by atoms with Crippen molar-refractivity contribution in [1.29, 1.82) is 0 Å². The van der Waals surface area contributed by atoms with Gasteiger partial charge in [0.1, 0.15) is 0 Å². The SMILES string of the molecule is CNCC(C)C(=O)Nc1ccc(C(=O)N(C)C2CCCCC2)cc1.Cl. The van der Waals surface area contributed by atoms with Crippen LogP contribution in [0.4, 0.5) is 5.69 Å². The molecule has 140 valence electrons. The maximum atomic E-state index is 12.6. The summed E-state index contributed by atoms with van der Waals surface area (Å²) in [5.74, 6) is -0.0696. The number of rotatable bonds is 6. The molecule has 0 saturated heterocycles. The van der Waals surface area contributed by atoms with Gasteiger partial charge in [0.2, 0.25) is 5.91 Å². The first-order valence-electron chi connectivity index (χ1n) is 8.85. The summed E-state index contributed by atoms with van der Waals surface area (Å²) in [6.07, 6.45) is 5.88. The molecule has 6 heteroatoms. The fourth-order valence-electron chi connectivity index (χ4n) is 3.20. The number of halogens is 1. The standard InChI is InChI=1S/C19H29N3O2.ClH/c1-14(13-20-2)18(23)21-16-11-9-15(10-12-16)19(24)22(3)17-7-5-4-6-8-17;/h9-12,14,17,20H,4-8,13H2,1-3H3,(H,21,23);1H. The van der Waals surface area contributed by atoms with E-state index in [0.29, 0.717) is 18.2 Å². The van der Waals surface area contributed by atoms with Crippen molar-refractivity contribution < 1.29 is 9.59 Å². The number of nitrogens with zero attached hydrogens (tertiary/aromatic N) is 1. The highest BCUT2D eigenvalue weighted by atomic mass is 35.5. The Kier molecular flexibility index (Phi) is 8.93. The molecule has 2 N–H and O–H groups in total. The minimum Gasteiger partial charge on any atom is -0.339 e. The third kappa shape index (κ3) is 6.01. The van der Waals surface area contributed by atoms with Crippen LogP contribution in [0.25, 0.3) is 0 Å². The summed E-state index contributed by atoms with van der Waals surface area (Å²) in [7, 11) is 3.72. The molecule has 0 radical (unpaired) electrons. The minimum absolute atomic E-state index is 0. The lowest BCUT2D eigenvalue weighted by atomic mass is 9.94. The van der Waals surface area contributed by atoms with Crippen LogP contribution in [-0.4, -0.2) is 43.4 Å². The van der Waals surface area contributed by atoms with Crippen molar-refractivity contribution in [2.45, 2.75) is 45.1 Å². The number of carbonyl (C=O) groups excluding carboxylic acids is 2. The smallest absolute Gasteiger partial charge is 0.253 e. The molecule has 1 fully saturated rings. The Morgan fingerprint density at radius 1 is 1.16 bits per heavy atom. The Hall–Kier alpha value is -1.59. The summed E-state index contributed by atoms with van der Waals surface area (Å²) in [6.45, 7) is 2.51. The van der Waals surface area contributed by atoms with E-state index in [4.69, 9.17) is 0 Å². The van der Waals surface area contributed by atoms with Crippen molar-refractivity contribution in [3.05, 3.63) is 29.8 Å². The predicted octanol–water partition coefficient (Wildman–Crippen LogP) is 3.31. The molecule has 1 aliphatic carbocycles. The van der Waals surface area contributed by atoms with Gasteiger partial charge in [0.15, 0.2) is 0 Å². The van der Waals surface area contributed by atoms with E-state index in [2.05, 4.69) is 10.6 Å². The first-order valence-corrected chi connectivity index (χ1v) is 8.85. The summed E-state index contributed by atoms with van der Waals surface area (Å²) in [5, 5.41) is 5.87. The van der Waals surface area contributed by atoms with Gasteiger partial charge >= 0.3 is 0 Å². The number of hydrogen-bond donors (Lipinski definition) is 2. The van der Waals surface area contributed by atoms with Crippen LogP contribution in [0, 0.1) is 5.92 Å². The monoisotopic (exact) mass is 367 g/mol. The van der Waals surface area contributed by atoms with Gasteiger partial charge < -0.3 is 15.5 Å². The molecule has 1 atom stereocenters. The highest BCUT2D eigenvalue weighted by molar-refractivity contribution is 5.96. The molecule has 2 amide bonds. The van der Waals surface area contributed by atoms with E-state index in [0.717, 1.165) is 18.5 Å². The lowest BCUT2D eigenvalue weighted by Crippen LogP contribution is -2.38. The first-order chi connectivity index (χ1) is 11.5. The molecule has 0 aliphatic heterocycles. The van der Waals surface area contributed by atoms with Crippen LogP contribution in [0.5, 0.6) is 0 Å². The lowest BCUT2D eigenvalue weighted by molar-refractivity contribution is -0.119. The van der Waals surface area contributed by atoms with Gasteiger partial charge in [0.25, 0.3) is 5.91 Å². The highest BCUT2D eigenvalue weighted by Crippen LogP contribution is 2.23. The van der Waals surface area contributed by atoms with Crippen LogP contribution in [0.3, 0.4) is 0 Å². The molecule has 1 aliphatic rings. The molecule has 1 aromatic carbocycles. The number of benzene rings is 1. The van der Waals surface area contributed by atoms with E-state index in [1.807, 2.05) is 25.9 Å². The van der Waals surface area contributed by atoms with E-state index < -0.39 is 0 Å². The van der Waals surface area contributed by atoms with E-state index in [1.54, 1.807) is 24.3 Å². The molecule has 25 heavy (non-hydrogen) atoms. The van der Waals surface area contributed by atoms with Gasteiger partial charge in [-0.05, 0) is 44.2 Å². The fraction of sp³-hybridized carbons (Fsp3) is 0.579. The molecule has 5 nitrogen and oxygen atoms in total. The number of hydrogen-bond acceptors (Lipinski definition) is 3. The molecule has 0 heterocycles. The van der Waals surface area contributed by atoms with Gasteiger partial charge in [-0.15, -0.1) is 12.4 Å². The van der Waals surface area contributed by atoms with E-state index in [9.17, 15) is 9.59 Å². The summed E-state index contributed by atoms with van der Waals surface area (Å²) in [6, 6.07) is 7.53. The van der Waals surface area contributed by atoms with Gasteiger partial charge in [-0.25, -0.2) is 0 Å². The van der Waals surface area contributed by atoms with Gasteiger partial charge in [0, 0.05) is 36.8 Å². The van der Waals surface area contributed by atoms with Crippen LogP contribution >= 0.6 is 12.4 Å². The van der Waals surface area contributed by atoms with Crippen molar-refractivity contribution in [2.75, 3.05) is 26.0 Å². The van der Waals surface area contributed by atoms with Crippen LogP contribution in [-0.2, 0) is 4.79 Å². The average Bonchev–Trinajstić information content (AvgIpc) is 2.62. The third-order valence-corrected chi connectivity index (χ3v) is 4.80. The molecule has 0 spiro atoms. The van der Waals surface area contributed by atoms with E-state index in [1.165, 1.54) is 19.3 Å². The average molecular weight is 368 g/mol. The second-order valence-corrected chi connectivity index (χ2v) is 6.73. The Balaban J connectivity index is 0.00000312. The Labute approximate surface area is 157 Å². The number of anilines is 1. The molecular weight excluding hydrogens is 338 g/mol. The molecule has 1 unspecified atom stereocenters. The highest BCUT2D eigenvalue weighted by Gasteiger charge is 2.23. The van der Waals surface area contributed by atoms with Crippen molar-refractivity contribution in [2.24, 2.45) is 5.92 Å². The number of nitrogens with one attached hydrogen (secondary N) is 2. The van der Waals surface area contributed by atoms with Gasteiger partial charge in [0.05, 0.1) is 0 Å². The van der Waals surface area contributed by atoms with Crippen molar-refractivity contribution in [3.63, 3.8) is 0 Å². The van der Waals surface area contributed by atoms with E-state index >= 15 is 0 Å². The van der Waals surface area contributed by atoms with Crippen molar-refractivity contribution in [3.8, 4) is 0 Å². The molecule has 0 aromatic heterocycles. The van der Waals surface area contributed by atoms with Crippen molar-refractivity contribution in [1.82, 2.24) is 10.2 Å². The van der Waals surface area contributed by atoms with Crippen LogP contribution < -0.4 is 10.6 Å². The van der Waals surface area contributed by atoms with Gasteiger partial charge in [-0.1, -0.05) is 26.2 Å². The maximum Gasteiger partial charge on any atom is 0.253 e. The number of amides is 2. The largest absolute Gasteiger partial charge is 0.339 e. The van der Waals surface area contributed by atoms with Gasteiger partial charge in [-0.2, -0.15) is 0 Å². The third-order valence-electron chi connectivity index (χ3n) is 4.80. The Morgan fingerprint density at radius 2 is 1.76 bits per heavy atom. The van der Waals surface area contributed by atoms with Gasteiger partial charge in [-0.3, -0.25) is 9.59 Å². The lowest BCUT2D eigenvalue weighted by Gasteiger charge is -2.31. The zero-order valence-corrected chi connectivity index (χ0v) is 16.2.